The fraction of sp³-hybridized carbons (Fsp3) is 0.391. The van der Waals surface area contributed by atoms with Gasteiger partial charge in [-0.3, -0.25) is 9.78 Å². The maximum absolute atomic E-state index is 12.4. The molecule has 7 nitrogen and oxygen atoms in total. The van der Waals surface area contributed by atoms with Gasteiger partial charge in [0.2, 0.25) is 5.88 Å². The standard InChI is InChI=1S/C23H26N4O3/c1-15-4-5-21(25-12-15)19-10-18(19)14-30-23-20(13-24-16(2)26-23)17-6-7-27(8-9-29-3)22(28)11-17/h4-7,11-13,18-19H,8-10,14H2,1-3H3. The summed E-state index contributed by atoms with van der Waals surface area (Å²) in [6.07, 6.45) is 6.45. The maximum atomic E-state index is 12.4. The fourth-order valence-corrected chi connectivity index (χ4v) is 3.49. The van der Waals surface area contributed by atoms with Crippen LogP contribution in [0.15, 0.2) is 47.7 Å². The van der Waals surface area contributed by atoms with Crippen LogP contribution in [0, 0.1) is 19.8 Å². The fourth-order valence-electron chi connectivity index (χ4n) is 3.49. The first-order chi connectivity index (χ1) is 14.5. The largest absolute Gasteiger partial charge is 0.477 e. The van der Waals surface area contributed by atoms with Crippen molar-refractivity contribution in [2.75, 3.05) is 20.3 Å². The van der Waals surface area contributed by atoms with Crippen molar-refractivity contribution in [3.05, 3.63) is 70.3 Å². The summed E-state index contributed by atoms with van der Waals surface area (Å²) >= 11 is 0. The van der Waals surface area contributed by atoms with Crippen LogP contribution < -0.4 is 10.3 Å². The van der Waals surface area contributed by atoms with Crippen LogP contribution in [0.1, 0.15) is 29.4 Å². The van der Waals surface area contributed by atoms with E-state index in [2.05, 4.69) is 27.1 Å². The molecule has 1 aliphatic rings. The quantitative estimate of drug-likeness (QED) is 0.572. The van der Waals surface area contributed by atoms with E-state index >= 15 is 0 Å². The molecule has 0 radical (unpaired) electrons. The van der Waals surface area contributed by atoms with Crippen molar-refractivity contribution < 1.29 is 9.47 Å². The number of aromatic nitrogens is 4. The Morgan fingerprint density at radius 3 is 2.77 bits per heavy atom. The van der Waals surface area contributed by atoms with Crippen LogP contribution in [-0.4, -0.2) is 39.8 Å². The highest BCUT2D eigenvalue weighted by atomic mass is 16.5. The van der Waals surface area contributed by atoms with Crippen LogP contribution in [0.3, 0.4) is 0 Å². The Morgan fingerprint density at radius 1 is 1.17 bits per heavy atom. The molecule has 0 bridgehead atoms. The van der Waals surface area contributed by atoms with Crippen molar-refractivity contribution in [2.45, 2.75) is 32.7 Å². The normalized spacial score (nSPS) is 17.7. The van der Waals surface area contributed by atoms with E-state index < -0.39 is 0 Å². The first-order valence-corrected chi connectivity index (χ1v) is 10.1. The molecule has 2 atom stereocenters. The molecule has 1 saturated carbocycles. The molecular weight excluding hydrogens is 380 g/mol. The van der Waals surface area contributed by atoms with Gasteiger partial charge in [-0.05, 0) is 43.5 Å². The Balaban J connectivity index is 1.48. The summed E-state index contributed by atoms with van der Waals surface area (Å²) in [6, 6.07) is 7.67. The highest BCUT2D eigenvalue weighted by Crippen LogP contribution is 2.47. The van der Waals surface area contributed by atoms with Crippen molar-refractivity contribution in [3.8, 4) is 17.0 Å². The molecule has 0 N–H and O–H groups in total. The highest BCUT2D eigenvalue weighted by molar-refractivity contribution is 5.67. The zero-order valence-corrected chi connectivity index (χ0v) is 17.5. The van der Waals surface area contributed by atoms with Crippen molar-refractivity contribution in [3.63, 3.8) is 0 Å². The number of hydrogen-bond donors (Lipinski definition) is 0. The van der Waals surface area contributed by atoms with Crippen LogP contribution in [-0.2, 0) is 11.3 Å². The molecule has 3 aromatic rings. The van der Waals surface area contributed by atoms with Gasteiger partial charge in [0.15, 0.2) is 0 Å². The van der Waals surface area contributed by atoms with Gasteiger partial charge in [-0.1, -0.05) is 6.07 Å². The van der Waals surface area contributed by atoms with Gasteiger partial charge in [-0.2, -0.15) is 4.98 Å². The van der Waals surface area contributed by atoms with E-state index in [1.54, 1.807) is 30.1 Å². The van der Waals surface area contributed by atoms with E-state index in [0.717, 1.165) is 28.8 Å². The number of aryl methyl sites for hydroxylation is 2. The third-order valence-corrected chi connectivity index (χ3v) is 5.39. The zero-order chi connectivity index (χ0) is 21.1. The summed E-state index contributed by atoms with van der Waals surface area (Å²) < 4.78 is 12.8. The molecule has 3 aromatic heterocycles. The molecule has 0 amide bonds. The lowest BCUT2D eigenvalue weighted by Crippen LogP contribution is -2.20. The van der Waals surface area contributed by atoms with Gasteiger partial charge in [-0.25, -0.2) is 4.98 Å². The number of rotatable bonds is 8. The predicted molar refractivity (Wildman–Crippen MR) is 114 cm³/mol. The Labute approximate surface area is 175 Å². The minimum absolute atomic E-state index is 0.0937. The smallest absolute Gasteiger partial charge is 0.251 e. The lowest BCUT2D eigenvalue weighted by Gasteiger charge is -2.12. The maximum Gasteiger partial charge on any atom is 0.251 e. The Hall–Kier alpha value is -3.06. The van der Waals surface area contributed by atoms with Crippen LogP contribution in [0.5, 0.6) is 5.88 Å². The molecule has 3 heterocycles. The zero-order valence-electron chi connectivity index (χ0n) is 17.5. The second-order valence-corrected chi connectivity index (χ2v) is 7.75. The summed E-state index contributed by atoms with van der Waals surface area (Å²) in [5.41, 5.74) is 3.66. The Bertz CT molecular complexity index is 1080. The van der Waals surface area contributed by atoms with E-state index in [9.17, 15) is 4.79 Å². The highest BCUT2D eigenvalue weighted by Gasteiger charge is 2.40. The third-order valence-electron chi connectivity index (χ3n) is 5.39. The molecule has 0 spiro atoms. The molecule has 0 aromatic carbocycles. The van der Waals surface area contributed by atoms with E-state index in [1.807, 2.05) is 26.1 Å². The van der Waals surface area contributed by atoms with Crippen LogP contribution in [0.25, 0.3) is 11.1 Å². The van der Waals surface area contributed by atoms with E-state index in [1.165, 1.54) is 0 Å². The van der Waals surface area contributed by atoms with E-state index in [0.29, 0.717) is 43.3 Å². The van der Waals surface area contributed by atoms with Crippen molar-refractivity contribution in [1.29, 1.82) is 0 Å². The molecule has 156 valence electrons. The molecule has 30 heavy (non-hydrogen) atoms. The number of ether oxygens (including phenoxy) is 2. The van der Waals surface area contributed by atoms with Crippen molar-refractivity contribution >= 4 is 0 Å². The van der Waals surface area contributed by atoms with Gasteiger partial charge in [0.25, 0.3) is 5.56 Å². The molecule has 2 unspecified atom stereocenters. The first-order valence-electron chi connectivity index (χ1n) is 10.1. The van der Waals surface area contributed by atoms with E-state index in [4.69, 9.17) is 9.47 Å². The summed E-state index contributed by atoms with van der Waals surface area (Å²) in [5.74, 6) is 2.00. The topological polar surface area (TPSA) is 79.1 Å². The van der Waals surface area contributed by atoms with Gasteiger partial charge >= 0.3 is 0 Å². The third kappa shape index (κ3) is 4.57. The minimum atomic E-state index is -0.0937. The average Bonchev–Trinajstić information content (AvgIpc) is 3.52. The van der Waals surface area contributed by atoms with Gasteiger partial charge in [0.1, 0.15) is 5.82 Å². The van der Waals surface area contributed by atoms with Gasteiger partial charge < -0.3 is 14.0 Å². The number of pyridine rings is 2. The molecule has 7 heteroatoms. The molecule has 0 saturated heterocycles. The molecular formula is C23H26N4O3. The van der Waals surface area contributed by atoms with Crippen molar-refractivity contribution in [2.24, 2.45) is 5.92 Å². The van der Waals surface area contributed by atoms with E-state index in [-0.39, 0.29) is 5.56 Å². The summed E-state index contributed by atoms with van der Waals surface area (Å²) in [7, 11) is 1.62. The number of nitrogens with zero attached hydrogens (tertiary/aromatic N) is 4. The number of hydrogen-bond acceptors (Lipinski definition) is 6. The molecule has 1 aliphatic carbocycles. The van der Waals surface area contributed by atoms with Gasteiger partial charge in [0, 0.05) is 55.8 Å². The second-order valence-electron chi connectivity index (χ2n) is 7.75. The summed E-state index contributed by atoms with van der Waals surface area (Å²) in [4.78, 5) is 25.7. The average molecular weight is 406 g/mol. The first kappa shape index (κ1) is 20.2. The van der Waals surface area contributed by atoms with Gasteiger partial charge in [0.05, 0.1) is 18.8 Å². The van der Waals surface area contributed by atoms with Crippen molar-refractivity contribution in [1.82, 2.24) is 19.5 Å². The molecule has 0 aliphatic heterocycles. The van der Waals surface area contributed by atoms with Crippen LogP contribution in [0.2, 0.25) is 0 Å². The van der Waals surface area contributed by atoms with Crippen LogP contribution in [0.4, 0.5) is 0 Å². The van der Waals surface area contributed by atoms with Crippen LogP contribution >= 0.6 is 0 Å². The minimum Gasteiger partial charge on any atom is -0.477 e. The Morgan fingerprint density at radius 2 is 2.03 bits per heavy atom. The lowest BCUT2D eigenvalue weighted by atomic mass is 10.1. The summed E-state index contributed by atoms with van der Waals surface area (Å²) in [6.45, 7) is 5.43. The van der Waals surface area contributed by atoms with Gasteiger partial charge in [-0.15, -0.1) is 0 Å². The lowest BCUT2D eigenvalue weighted by molar-refractivity contribution is 0.186. The Kier molecular flexibility index (Phi) is 5.90. The molecule has 4 rings (SSSR count). The predicted octanol–water partition coefficient (Wildman–Crippen LogP) is 3.15. The SMILES string of the molecule is COCCn1ccc(-c2cnc(C)nc2OCC2CC2c2ccc(C)cn2)cc1=O. The second kappa shape index (κ2) is 8.75. The summed E-state index contributed by atoms with van der Waals surface area (Å²) in [5, 5.41) is 0. The number of methoxy groups -OCH3 is 1. The monoisotopic (exact) mass is 406 g/mol. The molecule has 1 fully saturated rings.